The number of rotatable bonds is 3. The topological polar surface area (TPSA) is 53.8 Å². The van der Waals surface area contributed by atoms with Crippen LogP contribution in [0.5, 0.6) is 0 Å². The van der Waals surface area contributed by atoms with Crippen molar-refractivity contribution < 1.29 is 4.79 Å². The molecule has 0 radical (unpaired) electrons. The maximum Gasteiger partial charge on any atom is 0.196 e. The molecule has 0 amide bonds. The lowest BCUT2D eigenvalue weighted by molar-refractivity contribution is 0.0994. The van der Waals surface area contributed by atoms with Crippen LogP contribution in [0, 0.1) is 11.3 Å². The third kappa shape index (κ3) is 2.15. The summed E-state index contributed by atoms with van der Waals surface area (Å²) in [7, 11) is 0. The number of Topliss-reactive ketones (excluding diaryl/α,β-unsaturated/α-hetero) is 1. The van der Waals surface area contributed by atoms with Gasteiger partial charge in [-0.05, 0) is 0 Å². The summed E-state index contributed by atoms with van der Waals surface area (Å²) in [5.74, 6) is -0.221. The lowest BCUT2D eigenvalue weighted by Gasteiger charge is -1.93. The Morgan fingerprint density at radius 3 is 2.81 bits per heavy atom. The maximum absolute atomic E-state index is 11.4. The van der Waals surface area contributed by atoms with Crippen molar-refractivity contribution in [2.24, 2.45) is 0 Å². The van der Waals surface area contributed by atoms with E-state index in [0.717, 1.165) is 10.6 Å². The fourth-order valence-electron chi connectivity index (χ4n) is 1.28. The van der Waals surface area contributed by atoms with Gasteiger partial charge in [0.25, 0.3) is 0 Å². The van der Waals surface area contributed by atoms with Crippen molar-refractivity contribution >= 4 is 17.1 Å². The Balaban J connectivity index is 2.27. The molecule has 0 aliphatic rings. The summed E-state index contributed by atoms with van der Waals surface area (Å²) < 4.78 is 0. The van der Waals surface area contributed by atoms with Gasteiger partial charge in [-0.2, -0.15) is 5.26 Å². The van der Waals surface area contributed by atoms with Gasteiger partial charge in [0.05, 0.1) is 6.07 Å². The number of carbonyl (C=O) groups is 1. The molecule has 16 heavy (non-hydrogen) atoms. The molecule has 0 bridgehead atoms. The molecule has 0 N–H and O–H groups in total. The summed E-state index contributed by atoms with van der Waals surface area (Å²) in [4.78, 5) is 15.6. The molecule has 2 aromatic rings. The third-order valence-electron chi connectivity index (χ3n) is 2.05. The van der Waals surface area contributed by atoms with Gasteiger partial charge in [0.2, 0.25) is 0 Å². The first-order chi connectivity index (χ1) is 7.81. The van der Waals surface area contributed by atoms with Gasteiger partial charge in [0.15, 0.2) is 5.78 Å². The van der Waals surface area contributed by atoms with Gasteiger partial charge < -0.3 is 0 Å². The first-order valence-corrected chi connectivity index (χ1v) is 5.60. The smallest absolute Gasteiger partial charge is 0.196 e. The minimum atomic E-state index is -0.221. The van der Waals surface area contributed by atoms with Gasteiger partial charge in [-0.3, -0.25) is 4.79 Å². The number of thiazole rings is 1. The predicted molar refractivity (Wildman–Crippen MR) is 62.1 cm³/mol. The number of hydrogen-bond donors (Lipinski definition) is 0. The number of carbonyl (C=O) groups excluding carboxylic acids is 1. The van der Waals surface area contributed by atoms with Crippen molar-refractivity contribution in [3.05, 3.63) is 41.4 Å². The predicted octanol–water partition coefficient (Wildman–Crippen LogP) is 2.91. The Labute approximate surface area is 97.0 Å². The van der Waals surface area contributed by atoms with E-state index >= 15 is 0 Å². The molecule has 1 aromatic carbocycles. The van der Waals surface area contributed by atoms with Crippen LogP contribution in [0.15, 0.2) is 35.7 Å². The van der Waals surface area contributed by atoms with E-state index in [1.165, 1.54) is 11.3 Å². The molecule has 0 saturated carbocycles. The molecule has 2 rings (SSSR count). The zero-order valence-electron chi connectivity index (χ0n) is 8.38. The quantitative estimate of drug-likeness (QED) is 0.759. The molecular formula is C12H8N2OS. The molecule has 3 nitrogen and oxygen atoms in total. The van der Waals surface area contributed by atoms with Crippen LogP contribution in [0.1, 0.15) is 16.9 Å². The standard InChI is InChI=1S/C12H8N2OS/c13-7-6-11(15)10-8-16-12(14-10)9-4-2-1-3-5-9/h1-5,8H,6H2. The molecular weight excluding hydrogens is 220 g/mol. The Kier molecular flexibility index (Phi) is 3.08. The molecule has 0 saturated heterocycles. The van der Waals surface area contributed by atoms with Crippen LogP contribution in [0.4, 0.5) is 0 Å². The summed E-state index contributed by atoms with van der Waals surface area (Å²) in [6.07, 6.45) is -0.113. The molecule has 0 aliphatic carbocycles. The van der Waals surface area contributed by atoms with E-state index in [4.69, 9.17) is 5.26 Å². The SMILES string of the molecule is N#CCC(=O)c1csc(-c2ccccc2)n1. The number of nitriles is 1. The van der Waals surface area contributed by atoms with Crippen LogP contribution in [0.25, 0.3) is 10.6 Å². The molecule has 0 fully saturated rings. The minimum absolute atomic E-state index is 0.113. The zero-order chi connectivity index (χ0) is 11.4. The van der Waals surface area contributed by atoms with Crippen molar-refractivity contribution in [2.75, 3.05) is 0 Å². The van der Waals surface area contributed by atoms with E-state index in [1.807, 2.05) is 36.4 Å². The summed E-state index contributed by atoms with van der Waals surface area (Å²) in [5.41, 5.74) is 1.37. The number of benzene rings is 1. The Morgan fingerprint density at radius 2 is 2.12 bits per heavy atom. The van der Waals surface area contributed by atoms with Gasteiger partial charge >= 0.3 is 0 Å². The van der Waals surface area contributed by atoms with Crippen LogP contribution in [0.3, 0.4) is 0 Å². The van der Waals surface area contributed by atoms with Crippen molar-refractivity contribution in [3.8, 4) is 16.6 Å². The fourth-order valence-corrected chi connectivity index (χ4v) is 2.11. The monoisotopic (exact) mass is 228 g/mol. The second kappa shape index (κ2) is 4.69. The Hall–Kier alpha value is -1.99. The van der Waals surface area contributed by atoms with Crippen LogP contribution in [-0.4, -0.2) is 10.8 Å². The molecule has 78 valence electrons. The van der Waals surface area contributed by atoms with Crippen molar-refractivity contribution in [3.63, 3.8) is 0 Å². The Bertz CT molecular complexity index is 540. The van der Waals surface area contributed by atoms with E-state index in [9.17, 15) is 4.79 Å². The first-order valence-electron chi connectivity index (χ1n) is 4.72. The molecule has 1 aromatic heterocycles. The maximum atomic E-state index is 11.4. The highest BCUT2D eigenvalue weighted by Gasteiger charge is 2.10. The van der Waals surface area contributed by atoms with E-state index in [-0.39, 0.29) is 12.2 Å². The van der Waals surface area contributed by atoms with Crippen LogP contribution in [-0.2, 0) is 0 Å². The number of nitrogens with zero attached hydrogens (tertiary/aromatic N) is 2. The Morgan fingerprint density at radius 1 is 1.38 bits per heavy atom. The summed E-state index contributed by atoms with van der Waals surface area (Å²) in [6, 6.07) is 11.5. The normalized spacial score (nSPS) is 9.69. The second-order valence-electron chi connectivity index (χ2n) is 3.16. The number of ketones is 1. The molecule has 0 atom stereocenters. The highest BCUT2D eigenvalue weighted by molar-refractivity contribution is 7.13. The minimum Gasteiger partial charge on any atom is -0.291 e. The molecule has 4 heteroatoms. The van der Waals surface area contributed by atoms with Gasteiger partial charge in [-0.25, -0.2) is 4.98 Å². The largest absolute Gasteiger partial charge is 0.291 e. The highest BCUT2D eigenvalue weighted by atomic mass is 32.1. The van der Waals surface area contributed by atoms with Gasteiger partial charge in [-0.15, -0.1) is 11.3 Å². The second-order valence-corrected chi connectivity index (χ2v) is 4.02. The van der Waals surface area contributed by atoms with Crippen LogP contribution < -0.4 is 0 Å². The van der Waals surface area contributed by atoms with Crippen LogP contribution in [0.2, 0.25) is 0 Å². The molecule has 1 heterocycles. The van der Waals surface area contributed by atoms with Crippen molar-refractivity contribution in [1.29, 1.82) is 5.26 Å². The molecule has 0 spiro atoms. The van der Waals surface area contributed by atoms with Crippen LogP contribution >= 0.6 is 11.3 Å². The summed E-state index contributed by atoms with van der Waals surface area (Å²) in [6.45, 7) is 0. The lowest BCUT2D eigenvalue weighted by atomic mass is 10.2. The van der Waals surface area contributed by atoms with Gasteiger partial charge in [0, 0.05) is 10.9 Å². The van der Waals surface area contributed by atoms with E-state index in [0.29, 0.717) is 5.69 Å². The molecule has 0 unspecified atom stereocenters. The van der Waals surface area contributed by atoms with Gasteiger partial charge in [0.1, 0.15) is 17.1 Å². The van der Waals surface area contributed by atoms with Crippen molar-refractivity contribution in [2.45, 2.75) is 6.42 Å². The number of aromatic nitrogens is 1. The summed E-state index contributed by atoms with van der Waals surface area (Å²) >= 11 is 1.42. The fraction of sp³-hybridized carbons (Fsp3) is 0.0833. The molecule has 0 aliphatic heterocycles. The van der Waals surface area contributed by atoms with E-state index in [1.54, 1.807) is 5.38 Å². The summed E-state index contributed by atoms with van der Waals surface area (Å²) in [5, 5.41) is 10.9. The van der Waals surface area contributed by atoms with Gasteiger partial charge in [-0.1, -0.05) is 30.3 Å². The lowest BCUT2D eigenvalue weighted by Crippen LogP contribution is -1.97. The average Bonchev–Trinajstić information content (AvgIpc) is 2.80. The van der Waals surface area contributed by atoms with E-state index < -0.39 is 0 Å². The highest BCUT2D eigenvalue weighted by Crippen LogP contribution is 2.23. The first kappa shape index (κ1) is 10.5. The number of hydrogen-bond acceptors (Lipinski definition) is 4. The average molecular weight is 228 g/mol. The third-order valence-corrected chi connectivity index (χ3v) is 2.94. The van der Waals surface area contributed by atoms with E-state index in [2.05, 4.69) is 4.98 Å². The zero-order valence-corrected chi connectivity index (χ0v) is 9.20. The van der Waals surface area contributed by atoms with Crippen molar-refractivity contribution in [1.82, 2.24) is 4.98 Å².